The monoisotopic (exact) mass is 419 g/mol. The van der Waals surface area contributed by atoms with Crippen LogP contribution in [0.25, 0.3) is 0 Å². The lowest BCUT2D eigenvalue weighted by Gasteiger charge is -2.25. The third-order valence-electron chi connectivity index (χ3n) is 4.98. The van der Waals surface area contributed by atoms with Gasteiger partial charge in [0.1, 0.15) is 5.82 Å². The van der Waals surface area contributed by atoms with Gasteiger partial charge < -0.3 is 15.2 Å². The molecule has 9 heteroatoms. The number of ether oxygens (including phenoxy) is 1. The van der Waals surface area contributed by atoms with Gasteiger partial charge in [0.25, 0.3) is 0 Å². The number of allylic oxidation sites excluding steroid dienone is 2. The number of benzene rings is 1. The maximum absolute atomic E-state index is 11.4. The van der Waals surface area contributed by atoms with Gasteiger partial charge in [-0.05, 0) is 45.4 Å². The largest absolute Gasteiger partial charge is 0.504 e. The third kappa shape index (κ3) is 4.23. The molecule has 29 heavy (non-hydrogen) atoms. The molecule has 0 radical (unpaired) electrons. The molecule has 2 aromatic rings. The van der Waals surface area contributed by atoms with Crippen molar-refractivity contribution in [3.8, 4) is 11.5 Å². The Morgan fingerprint density at radius 2 is 1.97 bits per heavy atom. The molecule has 1 aliphatic rings. The van der Waals surface area contributed by atoms with Crippen LogP contribution in [0.1, 0.15) is 42.0 Å². The highest BCUT2D eigenvalue weighted by Crippen LogP contribution is 2.69. The van der Waals surface area contributed by atoms with Crippen LogP contribution in [-0.2, 0) is 4.52 Å². The van der Waals surface area contributed by atoms with E-state index in [1.807, 2.05) is 33.8 Å². The maximum Gasteiger partial charge on any atom is 0.422 e. The van der Waals surface area contributed by atoms with Crippen LogP contribution in [0, 0.1) is 20.8 Å². The van der Waals surface area contributed by atoms with Crippen LogP contribution in [0.3, 0.4) is 0 Å². The molecule has 0 spiro atoms. The van der Waals surface area contributed by atoms with Gasteiger partial charge >= 0.3 is 7.87 Å². The topological polar surface area (TPSA) is 109 Å². The van der Waals surface area contributed by atoms with E-state index < -0.39 is 13.5 Å². The molecule has 0 saturated carbocycles. The van der Waals surface area contributed by atoms with Crippen molar-refractivity contribution in [3.63, 3.8) is 0 Å². The van der Waals surface area contributed by atoms with Gasteiger partial charge in [-0.15, -0.1) is 0 Å². The lowest BCUT2D eigenvalue weighted by Crippen LogP contribution is -2.23. The molecule has 0 fully saturated rings. The Hall–Kier alpha value is -2.57. The number of rotatable bonds is 6. The van der Waals surface area contributed by atoms with Gasteiger partial charge in [0, 0.05) is 12.5 Å². The SMILES string of the molecule is COc1cc(C(CNc2ncc(C)nc2C)[P+]2(O)NC(C)=C(C)O2)cc(C)c1O. The number of hydrogen-bond acceptors (Lipinski definition) is 8. The molecule has 8 nitrogen and oxygen atoms in total. The van der Waals surface area contributed by atoms with Crippen LogP contribution in [0.2, 0.25) is 0 Å². The molecule has 1 aromatic heterocycles. The molecule has 2 heterocycles. The van der Waals surface area contributed by atoms with E-state index in [1.54, 1.807) is 19.2 Å². The fraction of sp³-hybridized carbons (Fsp3) is 0.400. The second-order valence-electron chi connectivity index (χ2n) is 7.24. The van der Waals surface area contributed by atoms with E-state index in [4.69, 9.17) is 9.26 Å². The molecule has 0 amide bonds. The molecule has 0 aliphatic carbocycles. The van der Waals surface area contributed by atoms with E-state index in [-0.39, 0.29) is 5.75 Å². The molecule has 1 aliphatic heterocycles. The van der Waals surface area contributed by atoms with Crippen molar-refractivity contribution in [2.24, 2.45) is 0 Å². The molecular weight excluding hydrogens is 391 g/mol. The van der Waals surface area contributed by atoms with Crippen molar-refractivity contribution in [3.05, 3.63) is 52.3 Å². The minimum Gasteiger partial charge on any atom is -0.504 e. The third-order valence-corrected chi connectivity index (χ3v) is 7.51. The predicted octanol–water partition coefficient (Wildman–Crippen LogP) is 3.90. The maximum atomic E-state index is 11.4. The summed E-state index contributed by atoms with van der Waals surface area (Å²) in [7, 11) is -1.56. The highest BCUT2D eigenvalue weighted by Gasteiger charge is 2.55. The summed E-state index contributed by atoms with van der Waals surface area (Å²) < 4.78 is 11.2. The average molecular weight is 419 g/mol. The number of phenolic OH excluding ortho intramolecular Hbond substituents is 1. The van der Waals surface area contributed by atoms with Gasteiger partial charge in [-0.3, -0.25) is 9.51 Å². The summed E-state index contributed by atoms with van der Waals surface area (Å²) in [6.45, 7) is 9.61. The highest BCUT2D eigenvalue weighted by molar-refractivity contribution is 7.64. The van der Waals surface area contributed by atoms with Crippen LogP contribution in [0.4, 0.5) is 5.82 Å². The standard InChI is InChI=1S/C20H27N4O4P/c1-11-7-16(8-17(27-6)19(11)25)18(29(26)24-13(3)15(5)28-29)10-22-20-14(4)23-12(2)9-21-20/h7-9,18,24,26H,10H2,1-6H3,(H-,21,22,25)/p+1. The number of nitrogens with zero attached hydrogens (tertiary/aromatic N) is 2. The van der Waals surface area contributed by atoms with Gasteiger partial charge in [-0.2, -0.15) is 4.89 Å². The fourth-order valence-electron chi connectivity index (χ4n) is 3.29. The first kappa shape index (κ1) is 21.1. The number of methoxy groups -OCH3 is 1. The smallest absolute Gasteiger partial charge is 0.422 e. The normalized spacial score (nSPS) is 19.6. The van der Waals surface area contributed by atoms with Crippen molar-refractivity contribution in [1.82, 2.24) is 15.1 Å². The van der Waals surface area contributed by atoms with Crippen molar-refractivity contribution in [1.29, 1.82) is 0 Å². The Balaban J connectivity index is 1.98. The van der Waals surface area contributed by atoms with E-state index in [0.29, 0.717) is 29.4 Å². The quantitative estimate of drug-likeness (QED) is 0.522. The molecule has 156 valence electrons. The predicted molar refractivity (Wildman–Crippen MR) is 114 cm³/mol. The van der Waals surface area contributed by atoms with Crippen molar-refractivity contribution in [2.75, 3.05) is 19.0 Å². The molecule has 4 N–H and O–H groups in total. The molecular formula is C20H28N4O4P+. The molecule has 0 bridgehead atoms. The summed E-state index contributed by atoms with van der Waals surface area (Å²) >= 11 is 0. The molecule has 2 unspecified atom stereocenters. The van der Waals surface area contributed by atoms with Gasteiger partial charge in [0.05, 0.1) is 36.9 Å². The number of aryl methyl sites for hydroxylation is 3. The second kappa shape index (κ2) is 8.05. The Bertz CT molecular complexity index is 950. The Kier molecular flexibility index (Phi) is 5.87. The molecule has 3 rings (SSSR count). The van der Waals surface area contributed by atoms with Gasteiger partial charge in [0.2, 0.25) is 0 Å². The zero-order valence-corrected chi connectivity index (χ0v) is 18.5. The number of hydrogen-bond donors (Lipinski definition) is 4. The van der Waals surface area contributed by atoms with Crippen LogP contribution in [0.15, 0.2) is 29.8 Å². The van der Waals surface area contributed by atoms with Gasteiger partial charge in [-0.1, -0.05) is 0 Å². The number of aromatic nitrogens is 2. The van der Waals surface area contributed by atoms with Crippen LogP contribution in [0.5, 0.6) is 11.5 Å². The zero-order chi connectivity index (χ0) is 21.3. The lowest BCUT2D eigenvalue weighted by atomic mass is 10.1. The summed E-state index contributed by atoms with van der Waals surface area (Å²) in [5.41, 5.74) is 3.42. The summed E-state index contributed by atoms with van der Waals surface area (Å²) in [6.07, 6.45) is 1.70. The van der Waals surface area contributed by atoms with Crippen LogP contribution in [-0.4, -0.2) is 33.6 Å². The van der Waals surface area contributed by atoms with Crippen LogP contribution >= 0.6 is 7.87 Å². The van der Waals surface area contributed by atoms with Gasteiger partial charge in [-0.25, -0.2) is 10.1 Å². The Morgan fingerprint density at radius 3 is 2.55 bits per heavy atom. The van der Waals surface area contributed by atoms with E-state index >= 15 is 0 Å². The molecule has 2 atom stereocenters. The number of phenols is 1. The lowest BCUT2D eigenvalue weighted by molar-refractivity contribution is 0.367. The van der Waals surface area contributed by atoms with Crippen molar-refractivity contribution >= 4 is 13.7 Å². The first-order chi connectivity index (χ1) is 13.6. The number of anilines is 1. The summed E-state index contributed by atoms with van der Waals surface area (Å²) in [4.78, 5) is 20.3. The summed E-state index contributed by atoms with van der Waals surface area (Å²) in [6, 6.07) is 3.57. The van der Waals surface area contributed by atoms with Crippen molar-refractivity contribution < 1.29 is 19.3 Å². The zero-order valence-electron chi connectivity index (χ0n) is 17.6. The van der Waals surface area contributed by atoms with Gasteiger partial charge in [0.15, 0.2) is 22.9 Å². The van der Waals surface area contributed by atoms with Crippen LogP contribution < -0.4 is 15.1 Å². The number of nitrogens with one attached hydrogen (secondary N) is 2. The first-order valence-electron chi connectivity index (χ1n) is 9.33. The molecule has 0 saturated heterocycles. The fourth-order valence-corrected chi connectivity index (χ4v) is 5.70. The second-order valence-corrected chi connectivity index (χ2v) is 9.51. The number of aromatic hydroxyl groups is 1. The highest BCUT2D eigenvalue weighted by atomic mass is 31.2. The average Bonchev–Trinajstić information content (AvgIpc) is 2.92. The van der Waals surface area contributed by atoms with E-state index in [9.17, 15) is 10.00 Å². The summed E-state index contributed by atoms with van der Waals surface area (Å²) in [5.74, 6) is 1.75. The first-order valence-corrected chi connectivity index (χ1v) is 11.1. The van der Waals surface area contributed by atoms with E-state index in [2.05, 4.69) is 20.4 Å². The molecule has 1 aromatic carbocycles. The van der Waals surface area contributed by atoms with Crippen molar-refractivity contribution in [2.45, 2.75) is 40.3 Å². The Labute approximate surface area is 171 Å². The van der Waals surface area contributed by atoms with E-state index in [0.717, 1.165) is 22.6 Å². The minimum absolute atomic E-state index is 0.0827. The minimum atomic E-state index is -3.06. The summed E-state index contributed by atoms with van der Waals surface area (Å²) in [5, 5.41) is 16.7. The Morgan fingerprint density at radius 1 is 1.24 bits per heavy atom. The van der Waals surface area contributed by atoms with E-state index in [1.165, 1.54) is 7.11 Å².